The van der Waals surface area contributed by atoms with Crippen molar-refractivity contribution in [1.82, 2.24) is 0 Å². The van der Waals surface area contributed by atoms with E-state index in [1.165, 1.54) is 16.2 Å². The highest BCUT2D eigenvalue weighted by Crippen LogP contribution is 2.40. The van der Waals surface area contributed by atoms with E-state index in [0.717, 1.165) is 30.4 Å². The number of esters is 1. The van der Waals surface area contributed by atoms with Gasteiger partial charge >= 0.3 is 5.97 Å². The maximum Gasteiger partial charge on any atom is 0.341 e. The van der Waals surface area contributed by atoms with Crippen LogP contribution in [0.1, 0.15) is 53.1 Å². The van der Waals surface area contributed by atoms with Gasteiger partial charge in [0.05, 0.1) is 12.2 Å². The molecule has 4 nitrogen and oxygen atoms in total. The number of thiophene rings is 1. The average Bonchev–Trinajstić information content (AvgIpc) is 2.98. The molecule has 1 aromatic carbocycles. The molecule has 1 heterocycles. The zero-order valence-corrected chi connectivity index (χ0v) is 16.2. The molecule has 0 radical (unpaired) electrons. The van der Waals surface area contributed by atoms with Crippen LogP contribution >= 0.6 is 11.3 Å². The highest BCUT2D eigenvalue weighted by molar-refractivity contribution is 7.17. The molecule has 1 aliphatic carbocycles. The molecular weight excluding hydrogens is 346 g/mol. The summed E-state index contributed by atoms with van der Waals surface area (Å²) < 4.78 is 5.25. The van der Waals surface area contributed by atoms with E-state index in [9.17, 15) is 9.59 Å². The molecule has 26 heavy (non-hydrogen) atoms. The van der Waals surface area contributed by atoms with Crippen LogP contribution in [0.5, 0.6) is 0 Å². The van der Waals surface area contributed by atoms with Gasteiger partial charge in [0, 0.05) is 11.3 Å². The molecule has 0 saturated heterocycles. The summed E-state index contributed by atoms with van der Waals surface area (Å²) in [7, 11) is 0. The number of fused-ring (bicyclic) bond motifs is 1. The summed E-state index contributed by atoms with van der Waals surface area (Å²) in [5.41, 5.74) is 2.78. The number of carbonyl (C=O) groups excluding carboxylic acids is 2. The Labute approximate surface area is 158 Å². The van der Waals surface area contributed by atoms with Gasteiger partial charge in [-0.1, -0.05) is 37.3 Å². The van der Waals surface area contributed by atoms with Crippen molar-refractivity contribution >= 4 is 28.2 Å². The fourth-order valence-electron chi connectivity index (χ4n) is 3.35. The second-order valence-corrected chi connectivity index (χ2v) is 7.92. The van der Waals surface area contributed by atoms with E-state index in [0.29, 0.717) is 35.9 Å². The van der Waals surface area contributed by atoms with E-state index in [1.54, 1.807) is 6.92 Å². The molecule has 1 N–H and O–H groups in total. The number of hydrogen-bond acceptors (Lipinski definition) is 4. The van der Waals surface area contributed by atoms with Crippen molar-refractivity contribution in [3.63, 3.8) is 0 Å². The highest BCUT2D eigenvalue weighted by Gasteiger charge is 2.29. The predicted molar refractivity (Wildman–Crippen MR) is 105 cm³/mol. The number of hydrogen-bond donors (Lipinski definition) is 1. The third kappa shape index (κ3) is 4.33. The first-order valence-electron chi connectivity index (χ1n) is 9.24. The second kappa shape index (κ2) is 8.49. The second-order valence-electron chi connectivity index (χ2n) is 6.81. The molecule has 0 unspecified atom stereocenters. The Morgan fingerprint density at radius 1 is 1.27 bits per heavy atom. The van der Waals surface area contributed by atoms with Gasteiger partial charge in [-0.2, -0.15) is 0 Å². The molecular formula is C21H25NO3S. The predicted octanol–water partition coefficient (Wildman–Crippen LogP) is 4.62. The van der Waals surface area contributed by atoms with Crippen LogP contribution in [-0.2, 0) is 28.8 Å². The van der Waals surface area contributed by atoms with Crippen LogP contribution in [-0.4, -0.2) is 18.5 Å². The molecule has 3 rings (SSSR count). The zero-order valence-electron chi connectivity index (χ0n) is 15.3. The minimum atomic E-state index is -0.321. The lowest BCUT2D eigenvalue weighted by molar-refractivity contribution is -0.116. The molecule has 0 fully saturated rings. The topological polar surface area (TPSA) is 55.4 Å². The number of ether oxygens (including phenoxy) is 1. The summed E-state index contributed by atoms with van der Waals surface area (Å²) in [4.78, 5) is 26.1. The normalized spacial score (nSPS) is 16.0. The van der Waals surface area contributed by atoms with Crippen LogP contribution in [0.2, 0.25) is 0 Å². The van der Waals surface area contributed by atoms with Crippen molar-refractivity contribution in [3.8, 4) is 0 Å². The summed E-state index contributed by atoms with van der Waals surface area (Å²) in [6, 6.07) is 9.94. The van der Waals surface area contributed by atoms with Crippen LogP contribution in [0.3, 0.4) is 0 Å². The largest absolute Gasteiger partial charge is 0.462 e. The molecule has 1 amide bonds. The van der Waals surface area contributed by atoms with Crippen LogP contribution in [0.15, 0.2) is 30.3 Å². The first-order valence-corrected chi connectivity index (χ1v) is 10.1. The van der Waals surface area contributed by atoms with E-state index in [1.807, 2.05) is 30.3 Å². The average molecular weight is 372 g/mol. The molecule has 1 atom stereocenters. The van der Waals surface area contributed by atoms with Gasteiger partial charge in [0.15, 0.2) is 0 Å². The van der Waals surface area contributed by atoms with Gasteiger partial charge in [0.2, 0.25) is 5.91 Å². The first kappa shape index (κ1) is 18.6. The van der Waals surface area contributed by atoms with E-state index >= 15 is 0 Å². The van der Waals surface area contributed by atoms with Crippen molar-refractivity contribution in [2.75, 3.05) is 11.9 Å². The SMILES string of the molecule is CCOC(=O)c1c(NC(=O)CCc2ccccc2)sc2c1CC[C@H](C)C2. The van der Waals surface area contributed by atoms with E-state index in [-0.39, 0.29) is 11.9 Å². The summed E-state index contributed by atoms with van der Waals surface area (Å²) in [5, 5.41) is 3.62. The number of carbonyl (C=O) groups is 2. The van der Waals surface area contributed by atoms with Crippen molar-refractivity contribution in [2.24, 2.45) is 5.92 Å². The maximum absolute atomic E-state index is 12.5. The Hall–Kier alpha value is -2.14. The first-order chi connectivity index (χ1) is 12.6. The van der Waals surface area contributed by atoms with Crippen LogP contribution in [0, 0.1) is 5.92 Å². The van der Waals surface area contributed by atoms with Crippen molar-refractivity contribution in [3.05, 3.63) is 51.9 Å². The Balaban J connectivity index is 1.75. The highest BCUT2D eigenvalue weighted by atomic mass is 32.1. The lowest BCUT2D eigenvalue weighted by Crippen LogP contribution is -2.16. The monoisotopic (exact) mass is 371 g/mol. The Morgan fingerprint density at radius 2 is 2.04 bits per heavy atom. The number of anilines is 1. The molecule has 1 aliphatic rings. The van der Waals surface area contributed by atoms with Crippen LogP contribution in [0.25, 0.3) is 0 Å². The molecule has 2 aromatic rings. The summed E-state index contributed by atoms with van der Waals surface area (Å²) in [6.45, 7) is 4.36. The quantitative estimate of drug-likeness (QED) is 0.754. The lowest BCUT2D eigenvalue weighted by Gasteiger charge is -2.18. The molecule has 1 aromatic heterocycles. The molecule has 0 spiro atoms. The zero-order chi connectivity index (χ0) is 18.5. The number of rotatable bonds is 6. The van der Waals surface area contributed by atoms with E-state index in [2.05, 4.69) is 12.2 Å². The van der Waals surface area contributed by atoms with E-state index in [4.69, 9.17) is 4.74 Å². The van der Waals surface area contributed by atoms with Crippen molar-refractivity contribution in [1.29, 1.82) is 0 Å². The molecule has 0 saturated carbocycles. The lowest BCUT2D eigenvalue weighted by atomic mass is 9.88. The van der Waals surface area contributed by atoms with Gasteiger partial charge in [-0.25, -0.2) is 4.79 Å². The van der Waals surface area contributed by atoms with Gasteiger partial charge in [-0.15, -0.1) is 11.3 Å². The Bertz CT molecular complexity index is 782. The fraction of sp³-hybridized carbons (Fsp3) is 0.429. The summed E-state index contributed by atoms with van der Waals surface area (Å²) in [5.74, 6) is 0.224. The van der Waals surface area contributed by atoms with Gasteiger partial charge in [0.25, 0.3) is 0 Å². The third-order valence-corrected chi connectivity index (χ3v) is 5.90. The van der Waals surface area contributed by atoms with Crippen LogP contribution in [0.4, 0.5) is 5.00 Å². The molecule has 0 bridgehead atoms. The number of aryl methyl sites for hydroxylation is 1. The smallest absolute Gasteiger partial charge is 0.341 e. The van der Waals surface area contributed by atoms with Gasteiger partial charge in [-0.3, -0.25) is 4.79 Å². The van der Waals surface area contributed by atoms with Crippen LogP contribution < -0.4 is 5.32 Å². The summed E-state index contributed by atoms with van der Waals surface area (Å²) in [6.07, 6.45) is 3.99. The van der Waals surface area contributed by atoms with E-state index < -0.39 is 0 Å². The molecule has 5 heteroatoms. The number of amides is 1. The fourth-order valence-corrected chi connectivity index (χ4v) is 4.76. The minimum Gasteiger partial charge on any atom is -0.462 e. The van der Waals surface area contributed by atoms with Gasteiger partial charge < -0.3 is 10.1 Å². The van der Waals surface area contributed by atoms with Gasteiger partial charge in [0.1, 0.15) is 5.00 Å². The Kier molecular flexibility index (Phi) is 6.09. The van der Waals surface area contributed by atoms with Crippen molar-refractivity contribution < 1.29 is 14.3 Å². The minimum absolute atomic E-state index is 0.0638. The number of nitrogens with one attached hydrogen (secondary N) is 1. The van der Waals surface area contributed by atoms with Crippen molar-refractivity contribution in [2.45, 2.75) is 46.0 Å². The summed E-state index contributed by atoms with van der Waals surface area (Å²) >= 11 is 1.54. The number of benzene rings is 1. The molecule has 138 valence electrons. The standard InChI is InChI=1S/C21H25NO3S/c1-3-25-21(24)19-16-11-9-14(2)13-17(16)26-20(19)22-18(23)12-10-15-7-5-4-6-8-15/h4-8,14H,3,9-13H2,1-2H3,(H,22,23)/t14-/m0/s1. The molecule has 0 aliphatic heterocycles. The Morgan fingerprint density at radius 3 is 2.77 bits per heavy atom. The van der Waals surface area contributed by atoms with Gasteiger partial charge in [-0.05, 0) is 49.7 Å². The third-order valence-electron chi connectivity index (χ3n) is 4.73. The maximum atomic E-state index is 12.5.